The Morgan fingerprint density at radius 3 is 2.60 bits per heavy atom. The van der Waals surface area contributed by atoms with E-state index in [-0.39, 0.29) is 17.9 Å². The molecule has 0 spiro atoms. The molecule has 1 aromatic carbocycles. The number of benzene rings is 1. The molecular weight excluding hydrogens is 480 g/mol. The van der Waals surface area contributed by atoms with E-state index in [1.54, 1.807) is 6.07 Å². The monoisotopic (exact) mass is 508 g/mol. The molecule has 2 amide bonds. The Morgan fingerprint density at radius 2 is 1.86 bits per heavy atom. The van der Waals surface area contributed by atoms with Gasteiger partial charge in [-0.25, -0.2) is 0 Å². The van der Waals surface area contributed by atoms with Crippen LogP contribution < -0.4 is 15.5 Å². The summed E-state index contributed by atoms with van der Waals surface area (Å²) in [6.07, 6.45) is 8.64. The Balaban J connectivity index is 1.12. The van der Waals surface area contributed by atoms with Crippen LogP contribution in [0.2, 0.25) is 5.02 Å². The summed E-state index contributed by atoms with van der Waals surface area (Å²) < 4.78 is 0. The first-order valence-electron chi connectivity index (χ1n) is 12.2. The minimum atomic E-state index is -0.160. The fourth-order valence-corrected chi connectivity index (χ4v) is 6.14. The van der Waals surface area contributed by atoms with E-state index < -0.39 is 0 Å². The van der Waals surface area contributed by atoms with Crippen LogP contribution in [0.25, 0.3) is 0 Å². The number of carbonyl (C=O) groups excluding carboxylic acids is 2. The highest BCUT2D eigenvalue weighted by molar-refractivity contribution is 7.12. The molecule has 1 aliphatic heterocycles. The molecule has 1 atom stereocenters. The van der Waals surface area contributed by atoms with E-state index >= 15 is 0 Å². The van der Waals surface area contributed by atoms with Crippen LogP contribution in [-0.4, -0.2) is 36.4 Å². The molecule has 1 fully saturated rings. The van der Waals surface area contributed by atoms with Crippen molar-refractivity contribution in [3.63, 3.8) is 0 Å². The number of halogens is 1. The Bertz CT molecular complexity index is 1190. The number of anilines is 1. The zero-order valence-corrected chi connectivity index (χ0v) is 21.1. The lowest BCUT2D eigenvalue weighted by atomic mass is 9.93. The minimum Gasteiger partial charge on any atom is -0.371 e. The molecule has 1 aliphatic carbocycles. The van der Waals surface area contributed by atoms with E-state index in [4.69, 9.17) is 11.6 Å². The number of amides is 2. The van der Waals surface area contributed by atoms with E-state index in [1.165, 1.54) is 22.6 Å². The predicted molar refractivity (Wildman–Crippen MR) is 140 cm³/mol. The van der Waals surface area contributed by atoms with Gasteiger partial charge in [0.25, 0.3) is 11.8 Å². The van der Waals surface area contributed by atoms with Crippen molar-refractivity contribution in [2.75, 3.05) is 24.5 Å². The van der Waals surface area contributed by atoms with E-state index in [1.807, 2.05) is 36.0 Å². The Kier molecular flexibility index (Phi) is 7.35. The molecule has 0 radical (unpaired) electrons. The summed E-state index contributed by atoms with van der Waals surface area (Å²) in [6.45, 7) is 2.75. The van der Waals surface area contributed by atoms with Gasteiger partial charge in [0.1, 0.15) is 4.88 Å². The lowest BCUT2D eigenvalue weighted by Gasteiger charge is -2.33. The average Bonchev–Trinajstić information content (AvgIpc) is 3.50. The number of piperidine rings is 1. The number of fused-ring (bicyclic) bond motifs is 1. The quantitative estimate of drug-likeness (QED) is 0.457. The normalized spacial score (nSPS) is 17.7. The number of carbonyl (C=O) groups is 2. The molecule has 3 aromatic rings. The number of pyridine rings is 1. The van der Waals surface area contributed by atoms with Gasteiger partial charge in [0.15, 0.2) is 0 Å². The highest BCUT2D eigenvalue weighted by Gasteiger charge is 2.26. The van der Waals surface area contributed by atoms with Crippen molar-refractivity contribution >= 4 is 40.4 Å². The first-order valence-corrected chi connectivity index (χ1v) is 13.4. The number of hydrogen-bond donors (Lipinski definition) is 2. The zero-order chi connectivity index (χ0) is 24.2. The van der Waals surface area contributed by atoms with Gasteiger partial charge in [-0.3, -0.25) is 14.6 Å². The molecule has 182 valence electrons. The van der Waals surface area contributed by atoms with Gasteiger partial charge < -0.3 is 15.5 Å². The lowest BCUT2D eigenvalue weighted by molar-refractivity contribution is 0.0938. The van der Waals surface area contributed by atoms with E-state index in [9.17, 15) is 9.59 Å². The molecule has 8 heteroatoms. The Labute approximate surface area is 214 Å². The molecule has 0 bridgehead atoms. The van der Waals surface area contributed by atoms with Crippen molar-refractivity contribution in [1.82, 2.24) is 15.6 Å². The second kappa shape index (κ2) is 10.8. The third kappa shape index (κ3) is 5.52. The van der Waals surface area contributed by atoms with Crippen molar-refractivity contribution < 1.29 is 9.59 Å². The molecule has 2 aliphatic rings. The summed E-state index contributed by atoms with van der Waals surface area (Å²) in [5.74, 6) is 0.407. The van der Waals surface area contributed by atoms with Gasteiger partial charge in [-0.2, -0.15) is 0 Å². The predicted octanol–water partition coefficient (Wildman–Crippen LogP) is 5.25. The molecule has 2 N–H and O–H groups in total. The summed E-state index contributed by atoms with van der Waals surface area (Å²) >= 11 is 7.46. The fourth-order valence-electron chi connectivity index (χ4n) is 5.10. The molecule has 1 saturated heterocycles. The van der Waals surface area contributed by atoms with Gasteiger partial charge in [-0.1, -0.05) is 17.7 Å². The first kappa shape index (κ1) is 23.8. The summed E-state index contributed by atoms with van der Waals surface area (Å²) in [6, 6.07) is 11.6. The SMILES string of the molecule is O=C(NCCC1CCN(c2ccncc2)CC1)c1ccc2c(c1)C(NC(=O)c1sccc1Cl)CC2. The molecule has 35 heavy (non-hydrogen) atoms. The van der Waals surface area contributed by atoms with Crippen LogP contribution in [0.15, 0.2) is 54.2 Å². The second-order valence-corrected chi connectivity index (χ2v) is 10.6. The van der Waals surface area contributed by atoms with Gasteiger partial charge >= 0.3 is 0 Å². The number of nitrogens with one attached hydrogen (secondary N) is 2. The van der Waals surface area contributed by atoms with Crippen LogP contribution in [0, 0.1) is 5.92 Å². The number of thiophene rings is 1. The van der Waals surface area contributed by atoms with Gasteiger partial charge in [-0.05, 0) is 84.9 Å². The highest BCUT2D eigenvalue weighted by Crippen LogP contribution is 2.33. The van der Waals surface area contributed by atoms with Gasteiger partial charge in [0.05, 0.1) is 11.1 Å². The van der Waals surface area contributed by atoms with Gasteiger partial charge in [0, 0.05) is 43.3 Å². The fraction of sp³-hybridized carbons (Fsp3) is 0.370. The Morgan fingerprint density at radius 1 is 1.06 bits per heavy atom. The smallest absolute Gasteiger partial charge is 0.263 e. The molecule has 0 saturated carbocycles. The van der Waals surface area contributed by atoms with Crippen molar-refractivity contribution in [3.05, 3.63) is 80.8 Å². The molecule has 1 unspecified atom stereocenters. The molecule has 2 aromatic heterocycles. The summed E-state index contributed by atoms with van der Waals surface area (Å²) in [5, 5.41) is 8.48. The maximum Gasteiger partial charge on any atom is 0.263 e. The first-order chi connectivity index (χ1) is 17.1. The minimum absolute atomic E-state index is 0.0553. The number of aromatic nitrogens is 1. The number of hydrogen-bond acceptors (Lipinski definition) is 5. The van der Waals surface area contributed by atoms with E-state index in [0.29, 0.717) is 27.9 Å². The third-order valence-corrected chi connectivity index (χ3v) is 8.44. The lowest BCUT2D eigenvalue weighted by Crippen LogP contribution is -2.35. The standard InChI is InChI=1S/C27H29ClN4O2S/c28-23-10-16-35-25(23)27(34)31-24-4-3-19-1-2-20(17-22(19)24)26(33)30-13-5-18-8-14-32(15-9-18)21-6-11-29-12-7-21/h1-2,6-7,10-12,16-18,24H,3-5,8-9,13-15H2,(H,30,33)(H,31,34). The van der Waals surface area contributed by atoms with Crippen molar-refractivity contribution in [2.45, 2.75) is 38.1 Å². The summed E-state index contributed by atoms with van der Waals surface area (Å²) in [7, 11) is 0. The molecule has 3 heterocycles. The summed E-state index contributed by atoms with van der Waals surface area (Å²) in [4.78, 5) is 32.5. The molecule has 6 nitrogen and oxygen atoms in total. The van der Waals surface area contributed by atoms with E-state index in [2.05, 4.69) is 32.7 Å². The van der Waals surface area contributed by atoms with Crippen LogP contribution in [-0.2, 0) is 6.42 Å². The Hall–Kier alpha value is -2.90. The van der Waals surface area contributed by atoms with Crippen molar-refractivity contribution in [2.24, 2.45) is 5.92 Å². The number of aryl methyl sites for hydroxylation is 1. The summed E-state index contributed by atoms with van der Waals surface area (Å²) in [5.41, 5.74) is 4.09. The van der Waals surface area contributed by atoms with Gasteiger partial charge in [-0.15, -0.1) is 11.3 Å². The van der Waals surface area contributed by atoms with Crippen LogP contribution >= 0.6 is 22.9 Å². The number of nitrogens with zero attached hydrogens (tertiary/aromatic N) is 2. The maximum atomic E-state index is 12.9. The van der Waals surface area contributed by atoms with Crippen LogP contribution in [0.1, 0.15) is 62.9 Å². The van der Waals surface area contributed by atoms with Crippen LogP contribution in [0.4, 0.5) is 5.69 Å². The van der Waals surface area contributed by atoms with Crippen LogP contribution in [0.5, 0.6) is 0 Å². The largest absolute Gasteiger partial charge is 0.371 e. The van der Waals surface area contributed by atoms with Gasteiger partial charge in [0.2, 0.25) is 0 Å². The number of rotatable bonds is 7. The highest BCUT2D eigenvalue weighted by atomic mass is 35.5. The molecular formula is C27H29ClN4O2S. The average molecular weight is 509 g/mol. The third-order valence-electron chi connectivity index (χ3n) is 7.10. The van der Waals surface area contributed by atoms with Crippen molar-refractivity contribution in [1.29, 1.82) is 0 Å². The molecule has 5 rings (SSSR count). The maximum absolute atomic E-state index is 12.9. The zero-order valence-electron chi connectivity index (χ0n) is 19.5. The van der Waals surface area contributed by atoms with Crippen LogP contribution in [0.3, 0.4) is 0 Å². The second-order valence-electron chi connectivity index (χ2n) is 9.26. The van der Waals surface area contributed by atoms with Crippen molar-refractivity contribution in [3.8, 4) is 0 Å². The van der Waals surface area contributed by atoms with E-state index in [0.717, 1.165) is 50.8 Å². The topological polar surface area (TPSA) is 74.3 Å².